The van der Waals surface area contributed by atoms with Gasteiger partial charge in [-0.2, -0.15) is 17.4 Å². The van der Waals surface area contributed by atoms with Crippen LogP contribution in [0, 0.1) is 11.8 Å². The number of rotatable bonds is 5. The molecule has 0 aromatic rings. The van der Waals surface area contributed by atoms with Crippen LogP contribution < -0.4 is 4.72 Å². The summed E-state index contributed by atoms with van der Waals surface area (Å²) in [5.74, 6) is 0.923. The molecule has 1 aliphatic rings. The van der Waals surface area contributed by atoms with Gasteiger partial charge in [-0.25, -0.2) is 0 Å². The third kappa shape index (κ3) is 4.50. The SMILES string of the molecule is CC1CCN(S(=O)(=O)NC(CBr)C(C)C)CC1. The first-order valence-corrected chi connectivity index (χ1v) is 8.76. The highest BCUT2D eigenvalue weighted by atomic mass is 79.9. The Hall–Kier alpha value is 0.350. The number of piperidine rings is 1. The fourth-order valence-corrected chi connectivity index (χ4v) is 4.54. The highest BCUT2D eigenvalue weighted by Crippen LogP contribution is 2.19. The molecule has 102 valence electrons. The van der Waals surface area contributed by atoms with Crippen LogP contribution in [0.2, 0.25) is 0 Å². The fraction of sp³-hybridized carbons (Fsp3) is 1.00. The molecule has 0 aromatic heterocycles. The average Bonchev–Trinajstić information content (AvgIpc) is 2.26. The number of halogens is 1. The van der Waals surface area contributed by atoms with Crippen molar-refractivity contribution >= 4 is 26.1 Å². The molecule has 1 unspecified atom stereocenters. The molecule has 1 atom stereocenters. The van der Waals surface area contributed by atoms with Crippen molar-refractivity contribution < 1.29 is 8.42 Å². The van der Waals surface area contributed by atoms with E-state index >= 15 is 0 Å². The quantitative estimate of drug-likeness (QED) is 0.785. The maximum Gasteiger partial charge on any atom is 0.279 e. The second-order valence-corrected chi connectivity index (χ2v) is 7.56. The molecule has 6 heteroatoms. The second-order valence-electron chi connectivity index (χ2n) is 5.21. The lowest BCUT2D eigenvalue weighted by atomic mass is 10.0. The monoisotopic (exact) mass is 326 g/mol. The molecule has 0 spiro atoms. The summed E-state index contributed by atoms with van der Waals surface area (Å²) in [6, 6.07) is -0.0423. The van der Waals surface area contributed by atoms with Gasteiger partial charge in [-0.3, -0.25) is 0 Å². The number of hydrogen-bond donors (Lipinski definition) is 1. The van der Waals surface area contributed by atoms with Crippen molar-refractivity contribution in [1.82, 2.24) is 9.03 Å². The maximum atomic E-state index is 12.2. The number of hydrogen-bond acceptors (Lipinski definition) is 2. The van der Waals surface area contributed by atoms with Gasteiger partial charge in [0.2, 0.25) is 0 Å². The van der Waals surface area contributed by atoms with Gasteiger partial charge in [-0.15, -0.1) is 0 Å². The Kier molecular flexibility index (Phi) is 5.89. The van der Waals surface area contributed by atoms with E-state index in [9.17, 15) is 8.42 Å². The van der Waals surface area contributed by atoms with Crippen LogP contribution in [-0.4, -0.2) is 37.2 Å². The summed E-state index contributed by atoms with van der Waals surface area (Å²) in [5.41, 5.74) is 0. The van der Waals surface area contributed by atoms with E-state index in [2.05, 4.69) is 27.6 Å². The molecule has 17 heavy (non-hydrogen) atoms. The smallest absolute Gasteiger partial charge is 0.198 e. The van der Waals surface area contributed by atoms with Crippen LogP contribution in [-0.2, 0) is 10.2 Å². The molecular weight excluding hydrogens is 304 g/mol. The second kappa shape index (κ2) is 6.50. The standard InChI is InChI=1S/C11H23BrN2O2S/c1-9(2)11(8-12)13-17(15,16)14-6-4-10(3)5-7-14/h9-11,13H,4-8H2,1-3H3. The van der Waals surface area contributed by atoms with Crippen molar-refractivity contribution in [3.05, 3.63) is 0 Å². The Bertz CT molecular complexity index is 324. The predicted octanol–water partition coefficient (Wildman–Crippen LogP) is 1.97. The van der Waals surface area contributed by atoms with Crippen LogP contribution in [0.4, 0.5) is 0 Å². The molecule has 1 saturated heterocycles. The molecule has 0 radical (unpaired) electrons. The van der Waals surface area contributed by atoms with E-state index in [1.54, 1.807) is 4.31 Å². The first-order valence-electron chi connectivity index (χ1n) is 6.20. The lowest BCUT2D eigenvalue weighted by Gasteiger charge is -2.31. The highest BCUT2D eigenvalue weighted by Gasteiger charge is 2.29. The van der Waals surface area contributed by atoms with Crippen molar-refractivity contribution in [2.24, 2.45) is 11.8 Å². The van der Waals surface area contributed by atoms with E-state index in [-0.39, 0.29) is 12.0 Å². The minimum Gasteiger partial charge on any atom is -0.198 e. The molecule has 0 bridgehead atoms. The first-order chi connectivity index (χ1) is 7.86. The normalized spacial score (nSPS) is 21.9. The van der Waals surface area contributed by atoms with Crippen LogP contribution in [0.15, 0.2) is 0 Å². The van der Waals surface area contributed by atoms with Crippen LogP contribution in [0.5, 0.6) is 0 Å². The van der Waals surface area contributed by atoms with E-state index in [1.165, 1.54) is 0 Å². The summed E-state index contributed by atoms with van der Waals surface area (Å²) in [6.45, 7) is 7.50. The molecular formula is C11H23BrN2O2S. The van der Waals surface area contributed by atoms with Crippen molar-refractivity contribution in [3.63, 3.8) is 0 Å². The Balaban J connectivity index is 2.62. The molecule has 0 aromatic carbocycles. The van der Waals surface area contributed by atoms with Crippen LogP contribution in [0.3, 0.4) is 0 Å². The van der Waals surface area contributed by atoms with E-state index < -0.39 is 10.2 Å². The Labute approximate surface area is 113 Å². The van der Waals surface area contributed by atoms with Crippen molar-refractivity contribution in [2.75, 3.05) is 18.4 Å². The largest absolute Gasteiger partial charge is 0.279 e. The Morgan fingerprint density at radius 1 is 1.35 bits per heavy atom. The number of alkyl halides is 1. The summed E-state index contributed by atoms with van der Waals surface area (Å²) < 4.78 is 28.7. The maximum absolute atomic E-state index is 12.2. The van der Waals surface area contributed by atoms with Gasteiger partial charge in [0.05, 0.1) is 0 Å². The highest BCUT2D eigenvalue weighted by molar-refractivity contribution is 9.09. The van der Waals surface area contributed by atoms with Gasteiger partial charge >= 0.3 is 0 Å². The van der Waals surface area contributed by atoms with Gasteiger partial charge < -0.3 is 0 Å². The molecule has 0 amide bonds. The lowest BCUT2D eigenvalue weighted by molar-refractivity contribution is 0.282. The minimum atomic E-state index is -3.31. The van der Waals surface area contributed by atoms with Crippen LogP contribution >= 0.6 is 15.9 Å². The molecule has 0 saturated carbocycles. The topological polar surface area (TPSA) is 49.4 Å². The van der Waals surface area contributed by atoms with Crippen molar-refractivity contribution in [2.45, 2.75) is 39.7 Å². The average molecular weight is 327 g/mol. The van der Waals surface area contributed by atoms with Crippen LogP contribution in [0.25, 0.3) is 0 Å². The molecule has 1 rings (SSSR count). The Morgan fingerprint density at radius 3 is 2.29 bits per heavy atom. The first kappa shape index (κ1) is 15.4. The van der Waals surface area contributed by atoms with Gasteiger partial charge in [-0.1, -0.05) is 36.7 Å². The number of nitrogens with one attached hydrogen (secondary N) is 1. The summed E-state index contributed by atoms with van der Waals surface area (Å²) in [5, 5.41) is 0.647. The van der Waals surface area contributed by atoms with Gasteiger partial charge in [-0.05, 0) is 24.7 Å². The zero-order chi connectivity index (χ0) is 13.1. The lowest BCUT2D eigenvalue weighted by Crippen LogP contribution is -2.50. The van der Waals surface area contributed by atoms with E-state index in [0.717, 1.165) is 12.8 Å². The summed E-state index contributed by atoms with van der Waals surface area (Å²) in [7, 11) is -3.31. The summed E-state index contributed by atoms with van der Waals surface area (Å²) >= 11 is 3.36. The van der Waals surface area contributed by atoms with Crippen molar-refractivity contribution in [1.29, 1.82) is 0 Å². The zero-order valence-corrected chi connectivity index (χ0v) is 13.2. The third-order valence-corrected chi connectivity index (χ3v) is 5.70. The molecule has 1 heterocycles. The third-order valence-electron chi connectivity index (χ3n) is 3.35. The van der Waals surface area contributed by atoms with Gasteiger partial charge in [0.25, 0.3) is 10.2 Å². The zero-order valence-electron chi connectivity index (χ0n) is 10.8. The van der Waals surface area contributed by atoms with E-state index in [1.807, 2.05) is 13.8 Å². The predicted molar refractivity (Wildman–Crippen MR) is 74.4 cm³/mol. The fourth-order valence-electron chi connectivity index (χ4n) is 1.84. The van der Waals surface area contributed by atoms with Gasteiger partial charge in [0.1, 0.15) is 0 Å². The van der Waals surface area contributed by atoms with Gasteiger partial charge in [0.15, 0.2) is 0 Å². The summed E-state index contributed by atoms with van der Waals surface area (Å²) in [4.78, 5) is 0. The van der Waals surface area contributed by atoms with Crippen LogP contribution in [0.1, 0.15) is 33.6 Å². The molecule has 1 aliphatic heterocycles. The van der Waals surface area contributed by atoms with E-state index in [4.69, 9.17) is 0 Å². The minimum absolute atomic E-state index is 0.0423. The molecule has 1 fully saturated rings. The summed E-state index contributed by atoms with van der Waals surface area (Å²) in [6.07, 6.45) is 1.92. The molecule has 1 N–H and O–H groups in total. The van der Waals surface area contributed by atoms with Gasteiger partial charge in [0, 0.05) is 24.5 Å². The van der Waals surface area contributed by atoms with Crippen molar-refractivity contribution in [3.8, 4) is 0 Å². The Morgan fingerprint density at radius 2 is 1.88 bits per heavy atom. The molecule has 4 nitrogen and oxygen atoms in total. The molecule has 0 aliphatic carbocycles. The van der Waals surface area contributed by atoms with E-state index in [0.29, 0.717) is 24.3 Å². The number of nitrogens with zero attached hydrogens (tertiary/aromatic N) is 1.